The van der Waals surface area contributed by atoms with Crippen molar-refractivity contribution in [3.63, 3.8) is 0 Å². The molecule has 34 heavy (non-hydrogen) atoms. The van der Waals surface area contributed by atoms with Crippen molar-refractivity contribution < 1.29 is 18.0 Å². The van der Waals surface area contributed by atoms with Crippen LogP contribution in [0.5, 0.6) is 0 Å². The zero-order valence-electron chi connectivity index (χ0n) is 19.3. The zero-order valence-corrected chi connectivity index (χ0v) is 19.3. The Kier molecular flexibility index (Phi) is 6.45. The lowest BCUT2D eigenvalue weighted by Crippen LogP contribution is -2.14. The van der Waals surface area contributed by atoms with Gasteiger partial charge >= 0.3 is 6.18 Å². The van der Waals surface area contributed by atoms with Crippen LogP contribution in [0.2, 0.25) is 0 Å². The number of fused-ring (bicyclic) bond motifs is 1. The van der Waals surface area contributed by atoms with E-state index < -0.39 is 12.6 Å². The molecule has 0 amide bonds. The molecule has 0 fully saturated rings. The molecule has 4 aromatic rings. The summed E-state index contributed by atoms with van der Waals surface area (Å²) in [5.74, 6) is 0.108. The van der Waals surface area contributed by atoms with Crippen LogP contribution in [-0.2, 0) is 7.05 Å². The molecule has 4 rings (SSSR count). The van der Waals surface area contributed by atoms with Gasteiger partial charge in [0.25, 0.3) is 0 Å². The number of nitrogens with zero attached hydrogens (tertiary/aromatic N) is 4. The van der Waals surface area contributed by atoms with Crippen molar-refractivity contribution in [2.24, 2.45) is 7.05 Å². The fourth-order valence-electron chi connectivity index (χ4n) is 4.07. The van der Waals surface area contributed by atoms with Gasteiger partial charge in [0.15, 0.2) is 5.78 Å². The molecule has 1 N–H and O–H groups in total. The first-order valence-electron chi connectivity index (χ1n) is 11.1. The normalized spacial score (nSPS) is 11.8. The number of aryl methyl sites for hydroxylation is 2. The number of hydrogen-bond donors (Lipinski definition) is 1. The molecule has 0 spiro atoms. The first-order valence-corrected chi connectivity index (χ1v) is 11.1. The molecule has 0 bridgehead atoms. The van der Waals surface area contributed by atoms with E-state index in [0.717, 1.165) is 34.4 Å². The Hall–Kier alpha value is -3.62. The quantitative estimate of drug-likeness (QED) is 0.318. The van der Waals surface area contributed by atoms with Gasteiger partial charge in [0.1, 0.15) is 11.8 Å². The second kappa shape index (κ2) is 9.32. The molecule has 0 unspecified atom stereocenters. The van der Waals surface area contributed by atoms with E-state index in [0.29, 0.717) is 23.2 Å². The van der Waals surface area contributed by atoms with Crippen molar-refractivity contribution in [3.05, 3.63) is 60.0 Å². The average Bonchev–Trinajstić information content (AvgIpc) is 3.39. The van der Waals surface area contributed by atoms with Crippen molar-refractivity contribution in [1.82, 2.24) is 19.3 Å². The summed E-state index contributed by atoms with van der Waals surface area (Å²) >= 11 is 0. The molecule has 0 aliphatic heterocycles. The highest BCUT2D eigenvalue weighted by Gasteiger charge is 2.26. The Morgan fingerprint density at radius 1 is 1.15 bits per heavy atom. The van der Waals surface area contributed by atoms with Gasteiger partial charge < -0.3 is 5.32 Å². The SMILES string of the molecule is CCCC(=O)c1ccc(-n2cnc3c(NCCC(F)(F)F)cc(-c4ccnn4C)cc32)cc1C. The fraction of sp³-hybridized carbons (Fsp3) is 0.320. The van der Waals surface area contributed by atoms with Gasteiger partial charge in [-0.3, -0.25) is 14.0 Å². The second-order valence-electron chi connectivity index (χ2n) is 8.31. The van der Waals surface area contributed by atoms with E-state index >= 15 is 0 Å². The summed E-state index contributed by atoms with van der Waals surface area (Å²) in [6, 6.07) is 11.2. The van der Waals surface area contributed by atoms with Crippen molar-refractivity contribution in [3.8, 4) is 16.9 Å². The summed E-state index contributed by atoms with van der Waals surface area (Å²) in [7, 11) is 1.81. The molecule has 2 aromatic heterocycles. The van der Waals surface area contributed by atoms with Crippen LogP contribution < -0.4 is 5.32 Å². The fourth-order valence-corrected chi connectivity index (χ4v) is 4.07. The smallest absolute Gasteiger partial charge is 0.383 e. The van der Waals surface area contributed by atoms with Gasteiger partial charge in [0, 0.05) is 43.0 Å². The van der Waals surface area contributed by atoms with Crippen LogP contribution >= 0.6 is 0 Å². The van der Waals surface area contributed by atoms with Crippen LogP contribution in [-0.4, -0.2) is 37.8 Å². The van der Waals surface area contributed by atoms with E-state index in [1.165, 1.54) is 0 Å². The molecule has 0 aliphatic rings. The molecular formula is C25H26F3N5O. The number of ketones is 1. The van der Waals surface area contributed by atoms with Crippen LogP contribution in [0, 0.1) is 6.92 Å². The van der Waals surface area contributed by atoms with E-state index in [-0.39, 0.29) is 12.3 Å². The van der Waals surface area contributed by atoms with Crippen molar-refractivity contribution in [2.45, 2.75) is 39.3 Å². The number of alkyl halides is 3. The highest BCUT2D eigenvalue weighted by molar-refractivity contribution is 5.98. The lowest BCUT2D eigenvalue weighted by atomic mass is 10.0. The number of hydrogen-bond acceptors (Lipinski definition) is 4. The molecule has 0 saturated carbocycles. The number of Topliss-reactive ketones (excluding diaryl/α,β-unsaturated/α-hetero) is 1. The maximum absolute atomic E-state index is 12.7. The minimum atomic E-state index is -4.25. The molecule has 2 heterocycles. The summed E-state index contributed by atoms with van der Waals surface area (Å²) in [6.07, 6.45) is -0.600. The minimum Gasteiger partial charge on any atom is -0.383 e. The molecule has 9 heteroatoms. The Morgan fingerprint density at radius 3 is 2.59 bits per heavy atom. The number of nitrogens with one attached hydrogen (secondary N) is 1. The van der Waals surface area contributed by atoms with Crippen LogP contribution in [0.1, 0.15) is 42.1 Å². The number of anilines is 1. The minimum absolute atomic E-state index is 0.108. The largest absolute Gasteiger partial charge is 0.390 e. The van der Waals surface area contributed by atoms with Gasteiger partial charge in [-0.2, -0.15) is 18.3 Å². The average molecular weight is 470 g/mol. The Labute approximate surface area is 195 Å². The maximum Gasteiger partial charge on any atom is 0.390 e. The molecule has 178 valence electrons. The molecule has 0 atom stereocenters. The third-order valence-corrected chi connectivity index (χ3v) is 5.76. The van der Waals surface area contributed by atoms with Crippen molar-refractivity contribution >= 4 is 22.5 Å². The number of imidazole rings is 1. The van der Waals surface area contributed by atoms with Gasteiger partial charge in [-0.1, -0.05) is 6.92 Å². The molecule has 0 saturated heterocycles. The van der Waals surface area contributed by atoms with Crippen LogP contribution in [0.15, 0.2) is 48.9 Å². The number of rotatable bonds is 8. The summed E-state index contributed by atoms with van der Waals surface area (Å²) in [6.45, 7) is 3.61. The zero-order chi connectivity index (χ0) is 24.5. The number of carbonyl (C=O) groups is 1. The number of halogens is 3. The van der Waals surface area contributed by atoms with Gasteiger partial charge in [-0.05, 0) is 55.3 Å². The second-order valence-corrected chi connectivity index (χ2v) is 8.31. The highest BCUT2D eigenvalue weighted by Crippen LogP contribution is 2.32. The van der Waals surface area contributed by atoms with Crippen molar-refractivity contribution in [1.29, 1.82) is 0 Å². The number of aromatic nitrogens is 4. The van der Waals surface area contributed by atoms with E-state index in [1.54, 1.807) is 23.3 Å². The highest BCUT2D eigenvalue weighted by atomic mass is 19.4. The monoisotopic (exact) mass is 469 g/mol. The molecule has 0 aliphatic carbocycles. The summed E-state index contributed by atoms with van der Waals surface area (Å²) in [5.41, 5.74) is 5.82. The van der Waals surface area contributed by atoms with E-state index in [1.807, 2.05) is 55.8 Å². The van der Waals surface area contributed by atoms with Crippen LogP contribution in [0.3, 0.4) is 0 Å². The first-order chi connectivity index (χ1) is 16.2. The third-order valence-electron chi connectivity index (χ3n) is 5.76. The van der Waals surface area contributed by atoms with Gasteiger partial charge in [-0.25, -0.2) is 4.98 Å². The standard InChI is InChI=1S/C25H26F3N5O/c1-4-5-23(34)19-7-6-18(12-16(19)2)33-15-30-24-20(29-11-9-25(26,27)28)13-17(14-22(24)33)21-8-10-31-32(21)3/h6-8,10,12-15,29H,4-5,9,11H2,1-3H3. The van der Waals surface area contributed by atoms with Gasteiger partial charge in [-0.15, -0.1) is 0 Å². The summed E-state index contributed by atoms with van der Waals surface area (Å²) in [5, 5.41) is 7.12. The lowest BCUT2D eigenvalue weighted by Gasteiger charge is -2.13. The topological polar surface area (TPSA) is 64.7 Å². The first kappa shape index (κ1) is 23.5. The Balaban J connectivity index is 1.80. The molecule has 0 radical (unpaired) electrons. The Bertz CT molecular complexity index is 1340. The Morgan fingerprint density at radius 2 is 1.94 bits per heavy atom. The van der Waals surface area contributed by atoms with E-state index in [9.17, 15) is 18.0 Å². The lowest BCUT2D eigenvalue weighted by molar-refractivity contribution is -0.131. The van der Waals surface area contributed by atoms with Gasteiger partial charge in [0.05, 0.1) is 23.3 Å². The van der Waals surface area contributed by atoms with Gasteiger partial charge in [0.2, 0.25) is 0 Å². The third kappa shape index (κ3) is 4.83. The van der Waals surface area contributed by atoms with Crippen molar-refractivity contribution in [2.75, 3.05) is 11.9 Å². The summed E-state index contributed by atoms with van der Waals surface area (Å²) in [4.78, 5) is 16.9. The summed E-state index contributed by atoms with van der Waals surface area (Å²) < 4.78 is 41.8. The molecule has 6 nitrogen and oxygen atoms in total. The predicted molar refractivity (Wildman–Crippen MR) is 126 cm³/mol. The maximum atomic E-state index is 12.7. The molecular weight excluding hydrogens is 443 g/mol. The molecule has 2 aromatic carbocycles. The predicted octanol–water partition coefficient (Wildman–Crippen LogP) is 6.08. The number of benzene rings is 2. The van der Waals surface area contributed by atoms with Crippen LogP contribution in [0.25, 0.3) is 28.0 Å². The van der Waals surface area contributed by atoms with Crippen LogP contribution in [0.4, 0.5) is 18.9 Å². The van der Waals surface area contributed by atoms with E-state index in [4.69, 9.17) is 0 Å². The number of carbonyl (C=O) groups excluding carboxylic acids is 1. The van der Waals surface area contributed by atoms with E-state index in [2.05, 4.69) is 15.4 Å².